The van der Waals surface area contributed by atoms with Crippen molar-refractivity contribution >= 4 is 35.0 Å². The van der Waals surface area contributed by atoms with Gasteiger partial charge < -0.3 is 9.30 Å². The molecule has 3 aromatic carbocycles. The summed E-state index contributed by atoms with van der Waals surface area (Å²) in [6.45, 7) is 5.45. The third-order valence-electron chi connectivity index (χ3n) is 6.64. The van der Waals surface area contributed by atoms with E-state index < -0.39 is 40.7 Å². The third-order valence-corrected chi connectivity index (χ3v) is 6.90. The van der Waals surface area contributed by atoms with E-state index in [1.54, 1.807) is 18.2 Å². The van der Waals surface area contributed by atoms with Crippen molar-refractivity contribution in [3.8, 4) is 11.4 Å². The fourth-order valence-corrected chi connectivity index (χ4v) is 4.67. The molecule has 0 saturated carbocycles. The molecule has 1 aliphatic rings. The van der Waals surface area contributed by atoms with Gasteiger partial charge in [-0.1, -0.05) is 23.7 Å². The average Bonchev–Trinajstić information content (AvgIpc) is 3.39. The van der Waals surface area contributed by atoms with Crippen molar-refractivity contribution in [2.45, 2.75) is 27.4 Å². The van der Waals surface area contributed by atoms with Crippen molar-refractivity contribution in [1.29, 1.82) is 0 Å². The Morgan fingerprint density at radius 1 is 0.854 bits per heavy atom. The Kier molecular flexibility index (Phi) is 7.44. The number of hydrazone groups is 1. The normalized spacial score (nSPS) is 14.3. The number of halogens is 6. The Bertz CT molecular complexity index is 1720. The van der Waals surface area contributed by atoms with Crippen LogP contribution in [0.15, 0.2) is 65.3 Å². The van der Waals surface area contributed by atoms with Crippen LogP contribution in [0.4, 0.5) is 27.6 Å². The summed E-state index contributed by atoms with van der Waals surface area (Å²) in [7, 11) is 0. The highest BCUT2D eigenvalue weighted by Crippen LogP contribution is 2.34. The molecule has 5 rings (SSSR count). The minimum Gasteiger partial charge on any atom is -0.489 e. The van der Waals surface area contributed by atoms with Crippen molar-refractivity contribution in [2.75, 3.05) is 5.01 Å². The van der Waals surface area contributed by atoms with Gasteiger partial charge >= 0.3 is 0 Å². The van der Waals surface area contributed by atoms with Gasteiger partial charge in [-0.15, -0.1) is 0 Å². The zero-order valence-electron chi connectivity index (χ0n) is 21.9. The van der Waals surface area contributed by atoms with Crippen LogP contribution in [-0.2, 0) is 11.4 Å². The molecule has 2 heterocycles. The van der Waals surface area contributed by atoms with Crippen LogP contribution in [0, 0.1) is 42.9 Å². The van der Waals surface area contributed by atoms with Gasteiger partial charge in [0.15, 0.2) is 23.3 Å². The Morgan fingerprint density at radius 3 is 2.05 bits per heavy atom. The minimum absolute atomic E-state index is 0.0472. The van der Waals surface area contributed by atoms with Crippen LogP contribution in [0.2, 0.25) is 5.02 Å². The van der Waals surface area contributed by atoms with E-state index in [2.05, 4.69) is 5.10 Å². The first kappa shape index (κ1) is 28.1. The van der Waals surface area contributed by atoms with E-state index in [9.17, 15) is 26.7 Å². The summed E-state index contributed by atoms with van der Waals surface area (Å²) in [6.07, 6.45) is 1.47. The highest BCUT2D eigenvalue weighted by Gasteiger charge is 2.37. The monoisotopic (exact) mass is 585 g/mol. The first-order valence-corrected chi connectivity index (χ1v) is 12.7. The quantitative estimate of drug-likeness (QED) is 0.100. The fraction of sp³-hybridized carbons (Fsp3) is 0.133. The highest BCUT2D eigenvalue weighted by molar-refractivity contribution is 6.32. The second-order valence-electron chi connectivity index (χ2n) is 9.35. The van der Waals surface area contributed by atoms with E-state index >= 15 is 0 Å². The van der Waals surface area contributed by atoms with Crippen molar-refractivity contribution in [1.82, 2.24) is 4.57 Å². The highest BCUT2D eigenvalue weighted by atomic mass is 35.5. The number of benzene rings is 3. The summed E-state index contributed by atoms with van der Waals surface area (Å²) in [5, 5.41) is 4.63. The van der Waals surface area contributed by atoms with Gasteiger partial charge in [0.25, 0.3) is 5.91 Å². The first-order chi connectivity index (χ1) is 19.5. The first-order valence-electron chi connectivity index (χ1n) is 12.3. The Morgan fingerprint density at radius 2 is 1.44 bits per heavy atom. The predicted octanol–water partition coefficient (Wildman–Crippen LogP) is 7.83. The zero-order chi connectivity index (χ0) is 29.6. The largest absolute Gasteiger partial charge is 0.489 e. The number of ether oxygens (including phenoxy) is 1. The summed E-state index contributed by atoms with van der Waals surface area (Å²) in [6, 6.07) is 16.5. The number of hydrogen-bond acceptors (Lipinski definition) is 3. The molecule has 0 fully saturated rings. The predicted molar refractivity (Wildman–Crippen MR) is 146 cm³/mol. The van der Waals surface area contributed by atoms with E-state index in [0.717, 1.165) is 22.6 Å². The van der Waals surface area contributed by atoms with Gasteiger partial charge in [-0.05, 0) is 80.4 Å². The zero-order valence-corrected chi connectivity index (χ0v) is 22.7. The van der Waals surface area contributed by atoms with Gasteiger partial charge in [-0.2, -0.15) is 10.1 Å². The van der Waals surface area contributed by atoms with Gasteiger partial charge in [0.2, 0.25) is 5.82 Å². The molecule has 0 spiro atoms. The molecule has 0 atom stereocenters. The van der Waals surface area contributed by atoms with Crippen molar-refractivity contribution < 1.29 is 31.5 Å². The van der Waals surface area contributed by atoms with E-state index in [0.29, 0.717) is 22.9 Å². The topological polar surface area (TPSA) is 46.8 Å². The molecule has 0 bridgehead atoms. The average molecular weight is 586 g/mol. The van der Waals surface area contributed by atoms with Crippen LogP contribution >= 0.6 is 11.6 Å². The Hall–Kier alpha value is -4.44. The van der Waals surface area contributed by atoms with Crippen molar-refractivity contribution in [3.63, 3.8) is 0 Å². The molecule has 1 aromatic heterocycles. The van der Waals surface area contributed by atoms with Crippen LogP contribution in [0.5, 0.6) is 5.75 Å². The number of anilines is 1. The maximum Gasteiger partial charge on any atom is 0.280 e. The van der Waals surface area contributed by atoms with Gasteiger partial charge in [0, 0.05) is 22.1 Å². The summed E-state index contributed by atoms with van der Waals surface area (Å²) in [5.41, 5.74) is 2.50. The fourth-order valence-electron chi connectivity index (χ4n) is 4.54. The number of rotatable bonds is 6. The number of hydrogen-bond donors (Lipinski definition) is 0. The Labute approximate surface area is 236 Å². The van der Waals surface area contributed by atoms with Crippen molar-refractivity contribution in [3.05, 3.63) is 117 Å². The van der Waals surface area contributed by atoms with Crippen LogP contribution in [-0.4, -0.2) is 16.2 Å². The molecular weight excluding hydrogens is 565 g/mol. The van der Waals surface area contributed by atoms with Gasteiger partial charge in [-0.3, -0.25) is 4.79 Å². The SMILES string of the molecule is CC1=NN(c2c(F)c(F)c(F)c(F)c2F)C(=O)/C1=C\c1cc(C)n(-c2ccc(OCc3ccc(Cl)cc3)cc2)c1C. The number of nitrogens with zero attached hydrogens (tertiary/aromatic N) is 3. The summed E-state index contributed by atoms with van der Waals surface area (Å²) >= 11 is 5.92. The lowest BCUT2D eigenvalue weighted by Gasteiger charge is -2.15. The molecule has 1 amide bonds. The summed E-state index contributed by atoms with van der Waals surface area (Å²) < 4.78 is 77.6. The molecule has 5 nitrogen and oxygen atoms in total. The molecule has 0 N–H and O–H groups in total. The van der Waals surface area contributed by atoms with E-state index in [-0.39, 0.29) is 16.3 Å². The van der Waals surface area contributed by atoms with Crippen LogP contribution in [0.25, 0.3) is 11.8 Å². The maximum absolute atomic E-state index is 14.4. The molecule has 0 unspecified atom stereocenters. The van der Waals surface area contributed by atoms with Gasteiger partial charge in [-0.25, -0.2) is 22.0 Å². The van der Waals surface area contributed by atoms with Gasteiger partial charge in [0.1, 0.15) is 18.0 Å². The third kappa shape index (κ3) is 5.11. The van der Waals surface area contributed by atoms with Crippen LogP contribution < -0.4 is 9.75 Å². The summed E-state index contributed by atoms with van der Waals surface area (Å²) in [5.74, 6) is -11.3. The molecule has 4 aromatic rings. The number of carbonyl (C=O) groups is 1. The van der Waals surface area contributed by atoms with Crippen LogP contribution in [0.1, 0.15) is 29.4 Å². The minimum atomic E-state index is -2.32. The number of carbonyl (C=O) groups excluding carboxylic acids is 1. The number of amides is 1. The lowest BCUT2D eigenvalue weighted by molar-refractivity contribution is -0.114. The lowest BCUT2D eigenvalue weighted by Crippen LogP contribution is -2.25. The van der Waals surface area contributed by atoms with E-state index in [4.69, 9.17) is 16.3 Å². The van der Waals surface area contributed by atoms with Crippen LogP contribution in [0.3, 0.4) is 0 Å². The molecule has 0 radical (unpaired) electrons. The molecule has 1 aliphatic heterocycles. The standard InChI is InChI=1S/C30H21ClF5N3O2/c1-15-12-19(13-23-16(2)37-39(30(23)40)29-27(35)25(33)24(32)26(34)28(29)36)17(3)38(15)21-8-10-22(11-9-21)41-14-18-4-6-20(31)7-5-18/h4-13H,14H2,1-3H3/b23-13-. The Balaban J connectivity index is 1.40. The maximum atomic E-state index is 14.4. The molecule has 0 saturated heterocycles. The van der Waals surface area contributed by atoms with Gasteiger partial charge in [0.05, 0.1) is 11.3 Å². The number of aromatic nitrogens is 1. The van der Waals surface area contributed by atoms with E-state index in [1.165, 1.54) is 13.0 Å². The smallest absolute Gasteiger partial charge is 0.280 e. The molecular formula is C30H21ClF5N3O2. The molecule has 0 aliphatic carbocycles. The van der Waals surface area contributed by atoms with Crippen molar-refractivity contribution in [2.24, 2.45) is 5.10 Å². The molecule has 210 valence electrons. The number of aryl methyl sites for hydroxylation is 1. The molecule has 41 heavy (non-hydrogen) atoms. The van der Waals surface area contributed by atoms with E-state index in [1.807, 2.05) is 54.8 Å². The lowest BCUT2D eigenvalue weighted by atomic mass is 10.1. The molecule has 11 heteroatoms. The second kappa shape index (κ2) is 10.9. The second-order valence-corrected chi connectivity index (χ2v) is 9.79. The summed E-state index contributed by atoms with van der Waals surface area (Å²) in [4.78, 5) is 13.1.